The van der Waals surface area contributed by atoms with Crippen LogP contribution >= 0.6 is 31.9 Å². The summed E-state index contributed by atoms with van der Waals surface area (Å²) >= 11 is 6.63. The largest absolute Gasteiger partial charge is 0.280 e. The molecular weight excluding hydrogens is 394 g/mol. The Labute approximate surface area is 129 Å². The third-order valence-electron chi connectivity index (χ3n) is 2.48. The van der Waals surface area contributed by atoms with Crippen LogP contribution in [0.4, 0.5) is 5.69 Å². The first-order chi connectivity index (χ1) is 9.01. The van der Waals surface area contributed by atoms with Crippen molar-refractivity contribution >= 4 is 47.6 Å². The third kappa shape index (κ3) is 3.81. The quantitative estimate of drug-likeness (QED) is 0.778. The molecule has 1 N–H and O–H groups in total. The number of sulfonamides is 1. The lowest BCUT2D eigenvalue weighted by atomic mass is 10.2. The van der Waals surface area contributed by atoms with Crippen LogP contribution in [0.2, 0.25) is 0 Å². The van der Waals surface area contributed by atoms with Crippen molar-refractivity contribution in [1.29, 1.82) is 0 Å². The van der Waals surface area contributed by atoms with E-state index in [4.69, 9.17) is 0 Å². The van der Waals surface area contributed by atoms with Gasteiger partial charge < -0.3 is 0 Å². The second kappa shape index (κ2) is 6.07. The Kier molecular flexibility index (Phi) is 4.65. The molecule has 0 aromatic heterocycles. The van der Waals surface area contributed by atoms with Gasteiger partial charge in [-0.3, -0.25) is 4.72 Å². The average molecular weight is 405 g/mol. The molecule has 6 heteroatoms. The number of nitrogens with one attached hydrogen (secondary N) is 1. The molecule has 0 bridgehead atoms. The van der Waals surface area contributed by atoms with Crippen molar-refractivity contribution in [3.05, 3.63) is 58.6 Å². The van der Waals surface area contributed by atoms with Crippen LogP contribution in [0.1, 0.15) is 5.56 Å². The van der Waals surface area contributed by atoms with E-state index in [0.717, 1.165) is 10.0 Å². The maximum atomic E-state index is 12.2. The molecule has 0 saturated carbocycles. The van der Waals surface area contributed by atoms with Crippen molar-refractivity contribution in [1.82, 2.24) is 0 Å². The first-order valence-corrected chi connectivity index (χ1v) is 8.84. The van der Waals surface area contributed by atoms with Crippen LogP contribution in [0, 0.1) is 0 Å². The SMILES string of the molecule is O=S(=O)(Nc1ccc(Br)cc1)c1ccc(CBr)cc1. The molecule has 0 aliphatic heterocycles. The predicted octanol–water partition coefficient (Wildman–Crippen LogP) is 4.14. The number of halogens is 2. The molecule has 0 radical (unpaired) electrons. The van der Waals surface area contributed by atoms with E-state index in [0.29, 0.717) is 11.0 Å². The third-order valence-corrected chi connectivity index (χ3v) is 5.06. The van der Waals surface area contributed by atoms with Gasteiger partial charge in [0.15, 0.2) is 0 Å². The molecule has 2 aromatic rings. The minimum absolute atomic E-state index is 0.250. The summed E-state index contributed by atoms with van der Waals surface area (Å²) in [6.07, 6.45) is 0. The number of anilines is 1. The number of hydrogen-bond donors (Lipinski definition) is 1. The standard InChI is InChI=1S/C13H11Br2NO2S/c14-9-10-1-7-13(8-2-10)19(17,18)16-12-5-3-11(15)4-6-12/h1-8,16H,9H2. The summed E-state index contributed by atoms with van der Waals surface area (Å²) in [7, 11) is -3.53. The highest BCUT2D eigenvalue weighted by molar-refractivity contribution is 9.10. The molecule has 0 aliphatic carbocycles. The topological polar surface area (TPSA) is 46.2 Å². The number of alkyl halides is 1. The summed E-state index contributed by atoms with van der Waals surface area (Å²) in [5.74, 6) is 0. The maximum absolute atomic E-state index is 12.2. The Hall–Kier alpha value is -0.850. The van der Waals surface area contributed by atoms with Gasteiger partial charge in [0.25, 0.3) is 10.0 Å². The van der Waals surface area contributed by atoms with E-state index in [-0.39, 0.29) is 4.90 Å². The Morgan fingerprint density at radius 1 is 0.947 bits per heavy atom. The Balaban J connectivity index is 2.24. The fourth-order valence-electron chi connectivity index (χ4n) is 1.49. The van der Waals surface area contributed by atoms with Gasteiger partial charge in [-0.1, -0.05) is 44.0 Å². The molecule has 19 heavy (non-hydrogen) atoms. The summed E-state index contributed by atoms with van der Waals surface area (Å²) < 4.78 is 27.7. The van der Waals surface area contributed by atoms with E-state index in [1.165, 1.54) is 0 Å². The van der Waals surface area contributed by atoms with Gasteiger partial charge in [-0.25, -0.2) is 8.42 Å². The second-order valence-corrected chi connectivity index (χ2v) is 7.05. The van der Waals surface area contributed by atoms with E-state index >= 15 is 0 Å². The molecule has 2 aromatic carbocycles. The Bertz CT molecular complexity index is 652. The zero-order valence-electron chi connectivity index (χ0n) is 9.81. The number of benzene rings is 2. The molecule has 0 amide bonds. The zero-order chi connectivity index (χ0) is 13.9. The molecule has 3 nitrogen and oxygen atoms in total. The fourth-order valence-corrected chi connectivity index (χ4v) is 3.19. The van der Waals surface area contributed by atoms with Gasteiger partial charge in [0.1, 0.15) is 0 Å². The first kappa shape index (κ1) is 14.6. The lowest BCUT2D eigenvalue weighted by molar-refractivity contribution is 0.601. The molecule has 100 valence electrons. The van der Waals surface area contributed by atoms with Gasteiger partial charge in [-0.05, 0) is 42.0 Å². The lowest BCUT2D eigenvalue weighted by Crippen LogP contribution is -2.12. The molecule has 0 unspecified atom stereocenters. The zero-order valence-corrected chi connectivity index (χ0v) is 13.8. The summed E-state index contributed by atoms with van der Waals surface area (Å²) in [4.78, 5) is 0.250. The van der Waals surface area contributed by atoms with Crippen molar-refractivity contribution in [3.63, 3.8) is 0 Å². The normalized spacial score (nSPS) is 11.3. The van der Waals surface area contributed by atoms with E-state index in [1.54, 1.807) is 48.5 Å². The van der Waals surface area contributed by atoms with Crippen LogP contribution in [0.5, 0.6) is 0 Å². The first-order valence-electron chi connectivity index (χ1n) is 5.44. The highest BCUT2D eigenvalue weighted by Gasteiger charge is 2.13. The molecule has 0 fully saturated rings. The van der Waals surface area contributed by atoms with Crippen molar-refractivity contribution in [2.45, 2.75) is 10.2 Å². The highest BCUT2D eigenvalue weighted by Crippen LogP contribution is 2.19. The van der Waals surface area contributed by atoms with Gasteiger partial charge in [-0.15, -0.1) is 0 Å². The highest BCUT2D eigenvalue weighted by atomic mass is 79.9. The molecule has 2 rings (SSSR count). The smallest absolute Gasteiger partial charge is 0.261 e. The van der Waals surface area contributed by atoms with Crippen molar-refractivity contribution in [2.24, 2.45) is 0 Å². The summed E-state index contributed by atoms with van der Waals surface area (Å²) in [5.41, 5.74) is 1.57. The van der Waals surface area contributed by atoms with Crippen LogP contribution in [0.25, 0.3) is 0 Å². The summed E-state index contributed by atoms with van der Waals surface area (Å²) in [5, 5.41) is 0.702. The van der Waals surface area contributed by atoms with Crippen LogP contribution in [-0.4, -0.2) is 8.42 Å². The minimum atomic E-state index is -3.53. The van der Waals surface area contributed by atoms with Gasteiger partial charge in [0.2, 0.25) is 0 Å². The van der Waals surface area contributed by atoms with E-state index in [1.807, 2.05) is 0 Å². The minimum Gasteiger partial charge on any atom is -0.280 e. The van der Waals surface area contributed by atoms with Crippen molar-refractivity contribution in [3.8, 4) is 0 Å². The van der Waals surface area contributed by atoms with Crippen LogP contribution in [0.3, 0.4) is 0 Å². The summed E-state index contributed by atoms with van der Waals surface area (Å²) in [6, 6.07) is 13.7. The lowest BCUT2D eigenvalue weighted by Gasteiger charge is -2.08. The van der Waals surface area contributed by atoms with E-state index < -0.39 is 10.0 Å². The molecule has 0 saturated heterocycles. The van der Waals surface area contributed by atoms with Crippen LogP contribution in [-0.2, 0) is 15.4 Å². The van der Waals surface area contributed by atoms with E-state index in [9.17, 15) is 8.42 Å². The molecule has 0 heterocycles. The Morgan fingerprint density at radius 3 is 2.05 bits per heavy atom. The van der Waals surface area contributed by atoms with Crippen LogP contribution in [0.15, 0.2) is 57.9 Å². The van der Waals surface area contributed by atoms with E-state index in [2.05, 4.69) is 36.6 Å². The second-order valence-electron chi connectivity index (χ2n) is 3.89. The molecular formula is C13H11Br2NO2S. The summed E-state index contributed by atoms with van der Waals surface area (Å²) in [6.45, 7) is 0. The monoisotopic (exact) mass is 403 g/mol. The molecule has 0 atom stereocenters. The van der Waals surface area contributed by atoms with Crippen molar-refractivity contribution < 1.29 is 8.42 Å². The van der Waals surface area contributed by atoms with Crippen LogP contribution < -0.4 is 4.72 Å². The van der Waals surface area contributed by atoms with Gasteiger partial charge in [0, 0.05) is 15.5 Å². The predicted molar refractivity (Wildman–Crippen MR) is 84.0 cm³/mol. The molecule has 0 aliphatic rings. The Morgan fingerprint density at radius 2 is 1.53 bits per heavy atom. The van der Waals surface area contributed by atoms with Gasteiger partial charge in [-0.2, -0.15) is 0 Å². The van der Waals surface area contributed by atoms with Gasteiger partial charge in [0.05, 0.1) is 4.90 Å². The molecule has 0 spiro atoms. The van der Waals surface area contributed by atoms with Gasteiger partial charge >= 0.3 is 0 Å². The average Bonchev–Trinajstić information content (AvgIpc) is 2.41. The maximum Gasteiger partial charge on any atom is 0.261 e. The van der Waals surface area contributed by atoms with Crippen molar-refractivity contribution in [2.75, 3.05) is 4.72 Å². The number of rotatable bonds is 4. The number of hydrogen-bond acceptors (Lipinski definition) is 2. The fraction of sp³-hybridized carbons (Fsp3) is 0.0769.